The lowest BCUT2D eigenvalue weighted by Gasteiger charge is -2.08. The molecule has 0 heterocycles. The lowest BCUT2D eigenvalue weighted by molar-refractivity contribution is 0.625. The van der Waals surface area contributed by atoms with Crippen LogP contribution in [0.1, 0.15) is 18.9 Å². The van der Waals surface area contributed by atoms with Gasteiger partial charge >= 0.3 is 0 Å². The zero-order valence-corrected chi connectivity index (χ0v) is 9.07. The molecule has 1 aromatic rings. The van der Waals surface area contributed by atoms with Gasteiger partial charge in [-0.1, -0.05) is 28.9 Å². The second kappa shape index (κ2) is 4.56. The molecule has 1 radical (unpaired) electrons. The standard InChI is InChI=1S/C11H11BrF/c1-3-4-8(2)9-5-10(12)7-11(13)6-9/h3,5-7H,1,4H2,2H3. The largest absolute Gasteiger partial charge is 0.207 e. The van der Waals surface area contributed by atoms with Crippen LogP contribution in [-0.4, -0.2) is 0 Å². The summed E-state index contributed by atoms with van der Waals surface area (Å²) < 4.78 is 13.7. The number of allylic oxidation sites excluding steroid dienone is 1. The van der Waals surface area contributed by atoms with Crippen molar-refractivity contribution in [3.63, 3.8) is 0 Å². The zero-order chi connectivity index (χ0) is 9.84. The summed E-state index contributed by atoms with van der Waals surface area (Å²) in [6, 6.07) is 4.89. The molecule has 0 spiro atoms. The third-order valence-corrected chi connectivity index (χ3v) is 2.26. The number of hydrogen-bond donors (Lipinski definition) is 0. The summed E-state index contributed by atoms with van der Waals surface area (Å²) in [6.45, 7) is 5.62. The summed E-state index contributed by atoms with van der Waals surface area (Å²) in [7, 11) is 0. The molecule has 1 rings (SSSR count). The lowest BCUT2D eigenvalue weighted by Crippen LogP contribution is -1.93. The van der Waals surface area contributed by atoms with Gasteiger partial charge in [0, 0.05) is 10.4 Å². The zero-order valence-electron chi connectivity index (χ0n) is 7.48. The average Bonchev–Trinajstić information content (AvgIpc) is 2.03. The van der Waals surface area contributed by atoms with Crippen LogP contribution < -0.4 is 0 Å². The number of halogens is 2. The molecule has 69 valence electrons. The van der Waals surface area contributed by atoms with Crippen molar-refractivity contribution in [3.8, 4) is 0 Å². The van der Waals surface area contributed by atoms with E-state index in [1.165, 1.54) is 12.1 Å². The summed E-state index contributed by atoms with van der Waals surface area (Å²) in [5, 5.41) is 0. The van der Waals surface area contributed by atoms with Crippen LogP contribution in [0.25, 0.3) is 0 Å². The van der Waals surface area contributed by atoms with E-state index in [2.05, 4.69) is 22.5 Å². The second-order valence-corrected chi connectivity index (χ2v) is 3.85. The summed E-state index contributed by atoms with van der Waals surface area (Å²) in [4.78, 5) is 0. The molecule has 13 heavy (non-hydrogen) atoms. The molecule has 0 atom stereocenters. The van der Waals surface area contributed by atoms with Crippen LogP contribution in [0.3, 0.4) is 0 Å². The van der Waals surface area contributed by atoms with Crippen molar-refractivity contribution in [3.05, 3.63) is 52.6 Å². The fourth-order valence-corrected chi connectivity index (χ4v) is 1.60. The van der Waals surface area contributed by atoms with Crippen molar-refractivity contribution in [1.29, 1.82) is 0 Å². The first-order valence-electron chi connectivity index (χ1n) is 4.03. The van der Waals surface area contributed by atoms with Crippen molar-refractivity contribution in [2.45, 2.75) is 13.3 Å². The van der Waals surface area contributed by atoms with E-state index in [1.807, 2.05) is 19.1 Å². The van der Waals surface area contributed by atoms with Gasteiger partial charge in [-0.3, -0.25) is 0 Å². The predicted molar refractivity (Wildman–Crippen MR) is 56.9 cm³/mol. The summed E-state index contributed by atoms with van der Waals surface area (Å²) in [6.07, 6.45) is 2.60. The number of rotatable bonds is 3. The van der Waals surface area contributed by atoms with Crippen LogP contribution in [-0.2, 0) is 0 Å². The second-order valence-electron chi connectivity index (χ2n) is 2.93. The highest BCUT2D eigenvalue weighted by Gasteiger charge is 2.06. The molecular formula is C11H11BrF. The Balaban J connectivity index is 2.93. The van der Waals surface area contributed by atoms with Crippen LogP contribution >= 0.6 is 15.9 Å². The maximum absolute atomic E-state index is 13.0. The minimum atomic E-state index is -0.215. The van der Waals surface area contributed by atoms with Crippen LogP contribution in [0.2, 0.25) is 0 Å². The van der Waals surface area contributed by atoms with Crippen LogP contribution in [0.4, 0.5) is 4.39 Å². The highest BCUT2D eigenvalue weighted by atomic mass is 79.9. The Kier molecular flexibility index (Phi) is 3.67. The minimum Gasteiger partial charge on any atom is -0.207 e. The van der Waals surface area contributed by atoms with Crippen molar-refractivity contribution in [2.24, 2.45) is 0 Å². The Labute approximate surface area is 86.6 Å². The van der Waals surface area contributed by atoms with Crippen molar-refractivity contribution in [2.75, 3.05) is 0 Å². The van der Waals surface area contributed by atoms with Gasteiger partial charge in [-0.2, -0.15) is 0 Å². The molecule has 0 aliphatic rings. The molecule has 0 aliphatic heterocycles. The van der Waals surface area contributed by atoms with E-state index < -0.39 is 0 Å². The van der Waals surface area contributed by atoms with Crippen LogP contribution in [0.5, 0.6) is 0 Å². The minimum absolute atomic E-state index is 0.215. The summed E-state index contributed by atoms with van der Waals surface area (Å²) in [5.74, 6) is 0.906. The molecule has 2 heteroatoms. The molecule has 0 nitrogen and oxygen atoms in total. The Bertz CT molecular complexity index is 287. The molecule has 0 amide bonds. The Morgan fingerprint density at radius 1 is 1.54 bits per heavy atom. The Morgan fingerprint density at radius 3 is 2.77 bits per heavy atom. The molecular weight excluding hydrogens is 231 g/mol. The van der Waals surface area contributed by atoms with Gasteiger partial charge in [0.15, 0.2) is 0 Å². The van der Waals surface area contributed by atoms with Crippen LogP contribution in [0, 0.1) is 11.7 Å². The SMILES string of the molecule is C=CC[C](C)c1cc(F)cc(Br)c1. The van der Waals surface area contributed by atoms with E-state index in [0.29, 0.717) is 0 Å². The van der Waals surface area contributed by atoms with Crippen molar-refractivity contribution >= 4 is 15.9 Å². The Hall–Kier alpha value is -0.630. The van der Waals surface area contributed by atoms with Gasteiger partial charge in [0.05, 0.1) is 0 Å². The van der Waals surface area contributed by atoms with Crippen molar-refractivity contribution < 1.29 is 4.39 Å². The molecule has 0 aromatic heterocycles. The normalized spacial score (nSPS) is 10.5. The maximum Gasteiger partial charge on any atom is 0.124 e. The fourth-order valence-electron chi connectivity index (χ4n) is 1.13. The first-order valence-corrected chi connectivity index (χ1v) is 4.82. The van der Waals surface area contributed by atoms with Gasteiger partial charge in [0.25, 0.3) is 0 Å². The first-order chi connectivity index (χ1) is 6.13. The van der Waals surface area contributed by atoms with Crippen LogP contribution in [0.15, 0.2) is 35.3 Å². The van der Waals surface area contributed by atoms with Gasteiger partial charge in [-0.25, -0.2) is 4.39 Å². The third-order valence-electron chi connectivity index (χ3n) is 1.81. The quantitative estimate of drug-likeness (QED) is 0.700. The Morgan fingerprint density at radius 2 is 2.23 bits per heavy atom. The smallest absolute Gasteiger partial charge is 0.124 e. The van der Waals surface area contributed by atoms with Gasteiger partial charge in [0.1, 0.15) is 5.82 Å². The maximum atomic E-state index is 13.0. The fraction of sp³-hybridized carbons (Fsp3) is 0.182. The van der Waals surface area contributed by atoms with Crippen molar-refractivity contribution in [1.82, 2.24) is 0 Å². The third kappa shape index (κ3) is 2.96. The topological polar surface area (TPSA) is 0 Å². The van der Waals surface area contributed by atoms with Gasteiger partial charge in [-0.05, 0) is 30.2 Å². The van der Waals surface area contributed by atoms with E-state index in [9.17, 15) is 4.39 Å². The molecule has 1 aromatic carbocycles. The number of benzene rings is 1. The molecule has 0 aliphatic carbocycles. The molecule has 0 bridgehead atoms. The predicted octanol–water partition coefficient (Wildman–Crippen LogP) is 4.11. The van der Waals surface area contributed by atoms with Gasteiger partial charge in [0.2, 0.25) is 0 Å². The molecule has 0 saturated heterocycles. The summed E-state index contributed by atoms with van der Waals surface area (Å²) >= 11 is 3.25. The highest BCUT2D eigenvalue weighted by Crippen LogP contribution is 2.23. The molecule has 0 saturated carbocycles. The molecule has 0 N–H and O–H groups in total. The average molecular weight is 242 g/mol. The van der Waals surface area contributed by atoms with Gasteiger partial charge < -0.3 is 0 Å². The monoisotopic (exact) mass is 241 g/mol. The molecule has 0 unspecified atom stereocenters. The van der Waals surface area contributed by atoms with E-state index in [1.54, 1.807) is 0 Å². The highest BCUT2D eigenvalue weighted by molar-refractivity contribution is 9.10. The number of hydrogen-bond acceptors (Lipinski definition) is 0. The van der Waals surface area contributed by atoms with E-state index in [-0.39, 0.29) is 5.82 Å². The lowest BCUT2D eigenvalue weighted by atomic mass is 9.98. The van der Waals surface area contributed by atoms with E-state index >= 15 is 0 Å². The molecule has 0 fully saturated rings. The van der Waals surface area contributed by atoms with Gasteiger partial charge in [-0.15, -0.1) is 6.58 Å². The van der Waals surface area contributed by atoms with E-state index in [4.69, 9.17) is 0 Å². The summed E-state index contributed by atoms with van der Waals surface area (Å²) in [5.41, 5.74) is 0.923. The van der Waals surface area contributed by atoms with E-state index in [0.717, 1.165) is 22.4 Å². The first kappa shape index (κ1) is 10.5.